The minimum absolute atomic E-state index is 0.274. The molecule has 3 heteroatoms. The Morgan fingerprint density at radius 1 is 1.22 bits per heavy atom. The number of rotatable bonds is 7. The van der Waals surface area contributed by atoms with Gasteiger partial charge in [0.05, 0.1) is 0 Å². The molecule has 1 saturated heterocycles. The van der Waals surface area contributed by atoms with Crippen LogP contribution < -0.4 is 5.32 Å². The van der Waals surface area contributed by atoms with Gasteiger partial charge in [-0.3, -0.25) is 0 Å². The maximum atomic E-state index is 9.18. The summed E-state index contributed by atoms with van der Waals surface area (Å²) in [6.45, 7) is 12.9. The van der Waals surface area contributed by atoms with Crippen molar-refractivity contribution >= 4 is 0 Å². The highest BCUT2D eigenvalue weighted by atomic mass is 16.3. The summed E-state index contributed by atoms with van der Waals surface area (Å²) in [6.07, 6.45) is 3.90. The van der Waals surface area contributed by atoms with Gasteiger partial charge in [-0.15, -0.1) is 0 Å². The Bertz CT molecular complexity index is 215. The lowest BCUT2D eigenvalue weighted by molar-refractivity contribution is 0.146. The lowest BCUT2D eigenvalue weighted by Gasteiger charge is -2.36. The zero-order valence-corrected chi connectivity index (χ0v) is 12.7. The zero-order chi connectivity index (χ0) is 13.5. The molecular formula is C15H32N2O. The van der Waals surface area contributed by atoms with Gasteiger partial charge in [0, 0.05) is 18.7 Å². The first-order chi connectivity index (χ1) is 8.58. The molecule has 1 heterocycles. The minimum Gasteiger partial charge on any atom is -0.396 e. The highest BCUT2D eigenvalue weighted by Gasteiger charge is 2.25. The first-order valence-corrected chi connectivity index (χ1v) is 7.67. The predicted octanol–water partition coefficient (Wildman–Crippen LogP) is 2.10. The van der Waals surface area contributed by atoms with Crippen molar-refractivity contribution in [3.05, 3.63) is 0 Å². The fourth-order valence-electron chi connectivity index (χ4n) is 2.87. The molecule has 3 atom stereocenters. The number of aliphatic hydroxyl groups excluding tert-OH is 1. The lowest BCUT2D eigenvalue weighted by atomic mass is 9.89. The van der Waals surface area contributed by atoms with Crippen LogP contribution in [0.25, 0.3) is 0 Å². The van der Waals surface area contributed by atoms with Crippen molar-refractivity contribution in [3.8, 4) is 0 Å². The van der Waals surface area contributed by atoms with Crippen LogP contribution in [0.2, 0.25) is 0 Å². The van der Waals surface area contributed by atoms with E-state index in [4.69, 9.17) is 0 Å². The van der Waals surface area contributed by atoms with E-state index in [1.165, 1.54) is 38.9 Å². The van der Waals surface area contributed by atoms with Gasteiger partial charge in [0.1, 0.15) is 0 Å². The monoisotopic (exact) mass is 256 g/mol. The van der Waals surface area contributed by atoms with Crippen molar-refractivity contribution in [1.29, 1.82) is 0 Å². The molecule has 0 aromatic rings. The van der Waals surface area contributed by atoms with E-state index in [0.29, 0.717) is 18.0 Å². The van der Waals surface area contributed by atoms with Crippen molar-refractivity contribution in [3.63, 3.8) is 0 Å². The molecule has 108 valence electrons. The van der Waals surface area contributed by atoms with E-state index in [0.717, 1.165) is 5.92 Å². The normalized spacial score (nSPS) is 23.8. The minimum atomic E-state index is 0.274. The second-order valence-corrected chi connectivity index (χ2v) is 6.08. The maximum Gasteiger partial charge on any atom is 0.0471 e. The Labute approximate surface area is 113 Å². The van der Waals surface area contributed by atoms with Crippen molar-refractivity contribution in [1.82, 2.24) is 10.2 Å². The average molecular weight is 256 g/mol. The topological polar surface area (TPSA) is 35.5 Å². The Kier molecular flexibility index (Phi) is 7.20. The number of hydrogen-bond donors (Lipinski definition) is 2. The van der Waals surface area contributed by atoms with Gasteiger partial charge in [-0.2, -0.15) is 0 Å². The third kappa shape index (κ3) is 4.87. The van der Waals surface area contributed by atoms with Crippen LogP contribution in [0.3, 0.4) is 0 Å². The molecule has 1 fully saturated rings. The van der Waals surface area contributed by atoms with Crippen molar-refractivity contribution < 1.29 is 5.11 Å². The smallest absolute Gasteiger partial charge is 0.0471 e. The molecule has 3 unspecified atom stereocenters. The molecule has 1 aliphatic heterocycles. The molecule has 0 radical (unpaired) electrons. The van der Waals surface area contributed by atoms with E-state index < -0.39 is 0 Å². The molecule has 0 amide bonds. The van der Waals surface area contributed by atoms with Gasteiger partial charge >= 0.3 is 0 Å². The summed E-state index contributed by atoms with van der Waals surface area (Å²) in [4.78, 5) is 2.59. The van der Waals surface area contributed by atoms with E-state index >= 15 is 0 Å². The summed E-state index contributed by atoms with van der Waals surface area (Å²) in [5.74, 6) is 1.14. The quantitative estimate of drug-likeness (QED) is 0.732. The standard InChI is InChI=1S/C15H32N2O/c1-5-8-17-9-6-15(7-10-17)14(4)16-13(3)12(2)11-18/h12-16,18H,5-11H2,1-4H3. The highest BCUT2D eigenvalue weighted by molar-refractivity contribution is 4.82. The summed E-state index contributed by atoms with van der Waals surface area (Å²) in [5, 5.41) is 12.8. The molecule has 0 aromatic heterocycles. The summed E-state index contributed by atoms with van der Waals surface area (Å²) >= 11 is 0. The Morgan fingerprint density at radius 2 is 1.83 bits per heavy atom. The van der Waals surface area contributed by atoms with Crippen LogP contribution >= 0.6 is 0 Å². The van der Waals surface area contributed by atoms with E-state index in [1.807, 2.05) is 0 Å². The number of piperidine rings is 1. The van der Waals surface area contributed by atoms with Crippen LogP contribution in [0.4, 0.5) is 0 Å². The first kappa shape index (κ1) is 15.9. The zero-order valence-electron chi connectivity index (χ0n) is 12.7. The Balaban J connectivity index is 2.29. The van der Waals surface area contributed by atoms with Crippen LogP contribution in [0, 0.1) is 11.8 Å². The van der Waals surface area contributed by atoms with Crippen LogP contribution in [0.15, 0.2) is 0 Å². The lowest BCUT2D eigenvalue weighted by Crippen LogP contribution is -2.46. The van der Waals surface area contributed by atoms with Crippen molar-refractivity contribution in [2.24, 2.45) is 11.8 Å². The number of hydrogen-bond acceptors (Lipinski definition) is 3. The summed E-state index contributed by atoms with van der Waals surface area (Å²) in [6, 6.07) is 0.969. The summed E-state index contributed by atoms with van der Waals surface area (Å²) in [5.41, 5.74) is 0. The van der Waals surface area contributed by atoms with Crippen molar-refractivity contribution in [2.45, 2.75) is 59.0 Å². The Hall–Kier alpha value is -0.120. The summed E-state index contributed by atoms with van der Waals surface area (Å²) in [7, 11) is 0. The fraction of sp³-hybridized carbons (Fsp3) is 1.00. The van der Waals surface area contributed by atoms with Crippen molar-refractivity contribution in [2.75, 3.05) is 26.2 Å². The van der Waals surface area contributed by atoms with Gasteiger partial charge < -0.3 is 15.3 Å². The van der Waals surface area contributed by atoms with Crippen LogP contribution in [-0.4, -0.2) is 48.3 Å². The average Bonchev–Trinajstić information content (AvgIpc) is 2.38. The molecule has 0 aliphatic carbocycles. The second-order valence-electron chi connectivity index (χ2n) is 6.08. The number of aliphatic hydroxyl groups is 1. The van der Waals surface area contributed by atoms with Gasteiger partial charge in [0.2, 0.25) is 0 Å². The molecule has 0 aromatic carbocycles. The number of nitrogens with zero attached hydrogens (tertiary/aromatic N) is 1. The fourth-order valence-corrected chi connectivity index (χ4v) is 2.87. The molecular weight excluding hydrogens is 224 g/mol. The van der Waals surface area contributed by atoms with E-state index in [9.17, 15) is 5.11 Å². The first-order valence-electron chi connectivity index (χ1n) is 7.67. The van der Waals surface area contributed by atoms with Crippen LogP contribution in [0.1, 0.15) is 47.0 Å². The largest absolute Gasteiger partial charge is 0.396 e. The van der Waals surface area contributed by atoms with Gasteiger partial charge in [0.25, 0.3) is 0 Å². The molecule has 0 saturated carbocycles. The van der Waals surface area contributed by atoms with Gasteiger partial charge in [-0.05, 0) is 64.6 Å². The number of nitrogens with one attached hydrogen (secondary N) is 1. The molecule has 18 heavy (non-hydrogen) atoms. The van der Waals surface area contributed by atoms with Crippen LogP contribution in [0.5, 0.6) is 0 Å². The molecule has 3 nitrogen and oxygen atoms in total. The van der Waals surface area contributed by atoms with Gasteiger partial charge in [-0.1, -0.05) is 13.8 Å². The predicted molar refractivity (Wildman–Crippen MR) is 77.8 cm³/mol. The van der Waals surface area contributed by atoms with Gasteiger partial charge in [-0.25, -0.2) is 0 Å². The third-order valence-electron chi connectivity index (χ3n) is 4.55. The SMILES string of the molecule is CCCN1CCC(C(C)NC(C)C(C)CO)CC1. The molecule has 1 aliphatic rings. The maximum absolute atomic E-state index is 9.18. The second kappa shape index (κ2) is 8.13. The highest BCUT2D eigenvalue weighted by Crippen LogP contribution is 2.21. The van der Waals surface area contributed by atoms with E-state index in [1.54, 1.807) is 0 Å². The summed E-state index contributed by atoms with van der Waals surface area (Å²) < 4.78 is 0. The van der Waals surface area contributed by atoms with E-state index in [2.05, 4.69) is 37.9 Å². The molecule has 0 spiro atoms. The third-order valence-corrected chi connectivity index (χ3v) is 4.55. The molecule has 2 N–H and O–H groups in total. The van der Waals surface area contributed by atoms with Gasteiger partial charge in [0.15, 0.2) is 0 Å². The number of likely N-dealkylation sites (tertiary alicyclic amines) is 1. The molecule has 0 bridgehead atoms. The molecule has 1 rings (SSSR count). The van der Waals surface area contributed by atoms with Crippen LogP contribution in [-0.2, 0) is 0 Å². The Morgan fingerprint density at radius 3 is 2.33 bits per heavy atom. The van der Waals surface area contributed by atoms with E-state index in [-0.39, 0.29) is 6.61 Å².